The van der Waals surface area contributed by atoms with Crippen molar-refractivity contribution in [3.63, 3.8) is 0 Å². The number of carbonyl (C=O) groups is 1. The van der Waals surface area contributed by atoms with Crippen LogP contribution in [-0.4, -0.2) is 15.9 Å². The van der Waals surface area contributed by atoms with Crippen LogP contribution in [0.3, 0.4) is 0 Å². The van der Waals surface area contributed by atoms with E-state index in [0.717, 1.165) is 0 Å². The fourth-order valence-electron chi connectivity index (χ4n) is 1.82. The van der Waals surface area contributed by atoms with Gasteiger partial charge in [0, 0.05) is 18.1 Å². The number of hydrogen-bond donors (Lipinski definition) is 3. The Bertz CT molecular complexity index is 595. The number of nitrogens with two attached hydrogens (primary N) is 1. The molecule has 5 nitrogen and oxygen atoms in total. The molecule has 1 atom stereocenters. The van der Waals surface area contributed by atoms with Crippen LogP contribution >= 0.6 is 0 Å². The smallest absolute Gasteiger partial charge is 0.254 e. The molecule has 0 bridgehead atoms. The Balaban J connectivity index is 2.21. The van der Waals surface area contributed by atoms with E-state index in [0.29, 0.717) is 17.1 Å². The maximum Gasteiger partial charge on any atom is 0.254 e. The lowest BCUT2D eigenvalue weighted by molar-refractivity contribution is 0.0934. The zero-order valence-electron chi connectivity index (χ0n) is 10.7. The highest BCUT2D eigenvalue weighted by Gasteiger charge is 2.18. The summed E-state index contributed by atoms with van der Waals surface area (Å²) in [7, 11) is 0. The molecule has 1 heterocycles. The van der Waals surface area contributed by atoms with Crippen LogP contribution in [0.25, 0.3) is 0 Å². The SMILES string of the molecule is Cc1cc(N)cc(C(=O)NC(C)c2ncc[nH]2)c1F. The van der Waals surface area contributed by atoms with Gasteiger partial charge in [-0.1, -0.05) is 0 Å². The molecule has 0 spiro atoms. The number of imidazole rings is 1. The molecular formula is C13H15FN4O. The fourth-order valence-corrected chi connectivity index (χ4v) is 1.82. The minimum Gasteiger partial charge on any atom is -0.399 e. The normalized spacial score (nSPS) is 12.2. The molecule has 2 rings (SSSR count). The van der Waals surface area contributed by atoms with E-state index >= 15 is 0 Å². The van der Waals surface area contributed by atoms with E-state index < -0.39 is 11.7 Å². The lowest BCUT2D eigenvalue weighted by atomic mass is 10.1. The molecule has 1 aromatic carbocycles. The third kappa shape index (κ3) is 2.73. The molecule has 1 unspecified atom stereocenters. The summed E-state index contributed by atoms with van der Waals surface area (Å²) in [6.07, 6.45) is 3.24. The van der Waals surface area contributed by atoms with Crippen molar-refractivity contribution in [2.75, 3.05) is 5.73 Å². The Kier molecular flexibility index (Phi) is 3.50. The summed E-state index contributed by atoms with van der Waals surface area (Å²) in [5.74, 6) is -0.468. The zero-order chi connectivity index (χ0) is 14.0. The van der Waals surface area contributed by atoms with E-state index in [1.54, 1.807) is 26.2 Å². The molecule has 19 heavy (non-hydrogen) atoms. The number of aromatic nitrogens is 2. The minimum absolute atomic E-state index is 0.0593. The van der Waals surface area contributed by atoms with Gasteiger partial charge >= 0.3 is 0 Å². The second-order valence-electron chi connectivity index (χ2n) is 4.37. The number of H-pyrrole nitrogens is 1. The van der Waals surface area contributed by atoms with Crippen LogP contribution in [-0.2, 0) is 0 Å². The van der Waals surface area contributed by atoms with E-state index in [9.17, 15) is 9.18 Å². The number of aromatic amines is 1. The number of hydrogen-bond acceptors (Lipinski definition) is 3. The van der Waals surface area contributed by atoms with E-state index in [-0.39, 0.29) is 11.6 Å². The molecule has 1 amide bonds. The number of nitrogen functional groups attached to an aromatic ring is 1. The van der Waals surface area contributed by atoms with Crippen molar-refractivity contribution in [2.45, 2.75) is 19.9 Å². The first-order valence-corrected chi connectivity index (χ1v) is 5.84. The number of amides is 1. The molecule has 0 aliphatic carbocycles. The van der Waals surface area contributed by atoms with E-state index in [4.69, 9.17) is 5.73 Å². The molecule has 0 saturated carbocycles. The number of nitrogens with zero attached hydrogens (tertiary/aromatic N) is 1. The molecule has 0 aliphatic rings. The highest BCUT2D eigenvalue weighted by atomic mass is 19.1. The first-order valence-electron chi connectivity index (χ1n) is 5.84. The average Bonchev–Trinajstić information content (AvgIpc) is 2.87. The van der Waals surface area contributed by atoms with Crippen LogP contribution in [0.5, 0.6) is 0 Å². The van der Waals surface area contributed by atoms with Gasteiger partial charge in [0.15, 0.2) is 0 Å². The van der Waals surface area contributed by atoms with E-state index in [2.05, 4.69) is 15.3 Å². The molecular weight excluding hydrogens is 247 g/mol. The van der Waals surface area contributed by atoms with Crippen LogP contribution in [0.1, 0.15) is 34.7 Å². The third-order valence-electron chi connectivity index (χ3n) is 2.80. The predicted octanol–water partition coefficient (Wildman–Crippen LogP) is 1.93. The number of halogens is 1. The summed E-state index contributed by atoms with van der Waals surface area (Å²) < 4.78 is 13.9. The van der Waals surface area contributed by atoms with Crippen molar-refractivity contribution in [3.05, 3.63) is 47.3 Å². The molecule has 0 saturated heterocycles. The molecule has 2 aromatic rings. The first kappa shape index (κ1) is 13.1. The number of benzene rings is 1. The molecule has 1 aromatic heterocycles. The topological polar surface area (TPSA) is 83.8 Å². The lowest BCUT2D eigenvalue weighted by Gasteiger charge is -2.13. The monoisotopic (exact) mass is 262 g/mol. The maximum atomic E-state index is 13.9. The van der Waals surface area contributed by atoms with Crippen molar-refractivity contribution in [2.24, 2.45) is 0 Å². The Hall–Kier alpha value is -2.37. The Morgan fingerprint density at radius 2 is 2.26 bits per heavy atom. The summed E-state index contributed by atoms with van der Waals surface area (Å²) in [5.41, 5.74) is 6.27. The number of anilines is 1. The Labute approximate surface area is 110 Å². The van der Waals surface area contributed by atoms with Gasteiger partial charge in [-0.2, -0.15) is 0 Å². The molecule has 4 N–H and O–H groups in total. The molecule has 0 aliphatic heterocycles. The zero-order valence-corrected chi connectivity index (χ0v) is 10.7. The highest BCUT2D eigenvalue weighted by Crippen LogP contribution is 2.18. The summed E-state index contributed by atoms with van der Waals surface area (Å²) in [6, 6.07) is 2.47. The number of rotatable bonds is 3. The standard InChI is InChI=1S/C13H15FN4O/c1-7-5-9(15)6-10(11(7)14)13(19)18-8(2)12-16-3-4-17-12/h3-6,8H,15H2,1-2H3,(H,16,17)(H,18,19). The Morgan fingerprint density at radius 3 is 2.89 bits per heavy atom. The van der Waals surface area contributed by atoms with E-state index in [1.165, 1.54) is 12.1 Å². The lowest BCUT2D eigenvalue weighted by Crippen LogP contribution is -2.28. The van der Waals surface area contributed by atoms with Gasteiger partial charge in [0.25, 0.3) is 5.91 Å². The molecule has 100 valence electrons. The van der Waals surface area contributed by atoms with Gasteiger partial charge in [-0.15, -0.1) is 0 Å². The summed E-state index contributed by atoms with van der Waals surface area (Å²) >= 11 is 0. The third-order valence-corrected chi connectivity index (χ3v) is 2.80. The number of nitrogens with one attached hydrogen (secondary N) is 2. The van der Waals surface area contributed by atoms with Crippen molar-refractivity contribution >= 4 is 11.6 Å². The van der Waals surface area contributed by atoms with Gasteiger partial charge in [0.05, 0.1) is 11.6 Å². The van der Waals surface area contributed by atoms with Gasteiger partial charge in [-0.05, 0) is 31.5 Å². The fraction of sp³-hybridized carbons (Fsp3) is 0.231. The van der Waals surface area contributed by atoms with Gasteiger partial charge in [0.1, 0.15) is 11.6 Å². The number of aryl methyl sites for hydroxylation is 1. The van der Waals surface area contributed by atoms with Gasteiger partial charge in [-0.25, -0.2) is 9.37 Å². The van der Waals surface area contributed by atoms with Crippen molar-refractivity contribution in [1.29, 1.82) is 0 Å². The van der Waals surface area contributed by atoms with Crippen molar-refractivity contribution in [1.82, 2.24) is 15.3 Å². The molecule has 6 heteroatoms. The van der Waals surface area contributed by atoms with Gasteiger partial charge in [0.2, 0.25) is 0 Å². The van der Waals surface area contributed by atoms with Gasteiger partial charge in [-0.3, -0.25) is 4.79 Å². The van der Waals surface area contributed by atoms with Crippen molar-refractivity contribution < 1.29 is 9.18 Å². The maximum absolute atomic E-state index is 13.9. The first-order chi connectivity index (χ1) is 8.99. The summed E-state index contributed by atoms with van der Waals surface area (Å²) in [5, 5.41) is 2.67. The number of carbonyl (C=O) groups excluding carboxylic acids is 1. The van der Waals surface area contributed by atoms with Crippen LogP contribution in [0.4, 0.5) is 10.1 Å². The quantitative estimate of drug-likeness (QED) is 0.739. The van der Waals surface area contributed by atoms with Crippen LogP contribution in [0, 0.1) is 12.7 Å². The van der Waals surface area contributed by atoms with Crippen LogP contribution in [0.2, 0.25) is 0 Å². The van der Waals surface area contributed by atoms with Crippen LogP contribution in [0.15, 0.2) is 24.5 Å². The molecule has 0 radical (unpaired) electrons. The second-order valence-corrected chi connectivity index (χ2v) is 4.37. The summed E-state index contributed by atoms with van der Waals surface area (Å²) in [6.45, 7) is 3.33. The predicted molar refractivity (Wildman–Crippen MR) is 70.0 cm³/mol. The molecule has 0 fully saturated rings. The van der Waals surface area contributed by atoms with Crippen molar-refractivity contribution in [3.8, 4) is 0 Å². The largest absolute Gasteiger partial charge is 0.399 e. The summed E-state index contributed by atoms with van der Waals surface area (Å²) in [4.78, 5) is 18.9. The average molecular weight is 262 g/mol. The van der Waals surface area contributed by atoms with E-state index in [1.807, 2.05) is 0 Å². The Morgan fingerprint density at radius 1 is 1.53 bits per heavy atom. The second kappa shape index (κ2) is 5.09. The van der Waals surface area contributed by atoms with Crippen LogP contribution < -0.4 is 11.1 Å². The van der Waals surface area contributed by atoms with Gasteiger partial charge < -0.3 is 16.0 Å². The highest BCUT2D eigenvalue weighted by molar-refractivity contribution is 5.95. The minimum atomic E-state index is -0.557.